The zero-order valence-corrected chi connectivity index (χ0v) is 14.8. The summed E-state index contributed by atoms with van der Waals surface area (Å²) in [4.78, 5) is 25.9. The lowest BCUT2D eigenvalue weighted by Crippen LogP contribution is -2.38. The normalized spacial score (nSPS) is 16.0. The molecule has 6 heteroatoms. The van der Waals surface area contributed by atoms with E-state index in [9.17, 15) is 9.59 Å². The Kier molecular flexibility index (Phi) is 6.61. The van der Waals surface area contributed by atoms with Gasteiger partial charge in [0.2, 0.25) is 5.91 Å². The van der Waals surface area contributed by atoms with E-state index in [1.807, 2.05) is 13.8 Å². The number of nitrogens with one attached hydrogen (secondary N) is 3. The number of anilines is 2. The first-order valence-electron chi connectivity index (χ1n) is 8.62. The summed E-state index contributed by atoms with van der Waals surface area (Å²) in [5, 5.41) is 8.42. The third kappa shape index (κ3) is 6.20. The lowest BCUT2D eigenvalue weighted by Gasteiger charge is -2.29. The highest BCUT2D eigenvalue weighted by Gasteiger charge is 2.17. The van der Waals surface area contributed by atoms with Crippen molar-refractivity contribution >= 4 is 23.3 Å². The van der Waals surface area contributed by atoms with Crippen LogP contribution in [0.3, 0.4) is 0 Å². The second-order valence-electron chi connectivity index (χ2n) is 6.84. The highest BCUT2D eigenvalue weighted by molar-refractivity contribution is 5.93. The van der Waals surface area contributed by atoms with Gasteiger partial charge in [0.25, 0.3) is 0 Å². The van der Waals surface area contributed by atoms with Crippen molar-refractivity contribution in [3.8, 4) is 0 Å². The van der Waals surface area contributed by atoms with E-state index in [0.717, 1.165) is 37.5 Å². The van der Waals surface area contributed by atoms with Crippen molar-refractivity contribution in [2.24, 2.45) is 5.92 Å². The van der Waals surface area contributed by atoms with Crippen LogP contribution >= 0.6 is 0 Å². The summed E-state index contributed by atoms with van der Waals surface area (Å²) in [6.07, 6.45) is 2.32. The van der Waals surface area contributed by atoms with E-state index in [1.54, 1.807) is 24.3 Å². The van der Waals surface area contributed by atoms with E-state index in [2.05, 4.69) is 27.8 Å². The van der Waals surface area contributed by atoms with Crippen LogP contribution < -0.4 is 16.0 Å². The Labute approximate surface area is 144 Å². The summed E-state index contributed by atoms with van der Waals surface area (Å²) in [5.41, 5.74) is 1.43. The van der Waals surface area contributed by atoms with E-state index in [4.69, 9.17) is 0 Å². The van der Waals surface area contributed by atoms with Crippen LogP contribution in [0.5, 0.6) is 0 Å². The van der Waals surface area contributed by atoms with Crippen LogP contribution in [-0.2, 0) is 4.79 Å². The van der Waals surface area contributed by atoms with Crippen molar-refractivity contribution in [2.75, 3.05) is 30.3 Å². The van der Waals surface area contributed by atoms with Gasteiger partial charge in [-0.05, 0) is 70.0 Å². The average molecular weight is 332 g/mol. The fourth-order valence-electron chi connectivity index (χ4n) is 2.69. The Balaban J connectivity index is 1.78. The third-order valence-corrected chi connectivity index (χ3v) is 4.09. The SMILES string of the molecule is CC1CCN(CC(=O)Nc2ccc(NC(=O)NC(C)C)cc2)CC1. The van der Waals surface area contributed by atoms with Gasteiger partial charge in [0.15, 0.2) is 0 Å². The number of hydrogen-bond acceptors (Lipinski definition) is 3. The second kappa shape index (κ2) is 8.68. The van der Waals surface area contributed by atoms with Crippen molar-refractivity contribution in [1.29, 1.82) is 0 Å². The summed E-state index contributed by atoms with van der Waals surface area (Å²) in [7, 11) is 0. The molecule has 0 saturated carbocycles. The lowest BCUT2D eigenvalue weighted by molar-refractivity contribution is -0.117. The maximum atomic E-state index is 12.1. The quantitative estimate of drug-likeness (QED) is 0.776. The molecular weight excluding hydrogens is 304 g/mol. The summed E-state index contributed by atoms with van der Waals surface area (Å²) in [5.74, 6) is 0.764. The molecule has 1 aromatic carbocycles. The van der Waals surface area contributed by atoms with Crippen molar-refractivity contribution in [2.45, 2.75) is 39.7 Å². The molecule has 0 radical (unpaired) electrons. The van der Waals surface area contributed by atoms with Crippen LogP contribution in [-0.4, -0.2) is 42.5 Å². The number of hydrogen-bond donors (Lipinski definition) is 3. The Hall–Kier alpha value is -2.08. The molecule has 1 aliphatic rings. The van der Waals surface area contributed by atoms with Gasteiger partial charge < -0.3 is 16.0 Å². The van der Waals surface area contributed by atoms with E-state index < -0.39 is 0 Å². The van der Waals surface area contributed by atoms with Crippen LogP contribution in [0.4, 0.5) is 16.2 Å². The smallest absolute Gasteiger partial charge is 0.319 e. The Morgan fingerprint density at radius 3 is 2.17 bits per heavy atom. The number of rotatable bonds is 5. The van der Waals surface area contributed by atoms with Crippen molar-refractivity contribution in [3.63, 3.8) is 0 Å². The van der Waals surface area contributed by atoms with Crippen LogP contribution in [0.2, 0.25) is 0 Å². The van der Waals surface area contributed by atoms with Crippen LogP contribution in [0.25, 0.3) is 0 Å². The van der Waals surface area contributed by atoms with Gasteiger partial charge in [0, 0.05) is 17.4 Å². The van der Waals surface area contributed by atoms with Gasteiger partial charge in [-0.25, -0.2) is 4.79 Å². The van der Waals surface area contributed by atoms with Crippen molar-refractivity contribution in [3.05, 3.63) is 24.3 Å². The number of piperidine rings is 1. The van der Waals surface area contributed by atoms with Crippen LogP contribution in [0.1, 0.15) is 33.6 Å². The molecule has 1 aliphatic heterocycles. The Morgan fingerprint density at radius 2 is 1.62 bits per heavy atom. The molecule has 0 bridgehead atoms. The predicted octanol–water partition coefficient (Wildman–Crippen LogP) is 2.89. The fraction of sp³-hybridized carbons (Fsp3) is 0.556. The van der Waals surface area contributed by atoms with Gasteiger partial charge in [-0.1, -0.05) is 6.92 Å². The van der Waals surface area contributed by atoms with Gasteiger partial charge in [-0.15, -0.1) is 0 Å². The Bertz CT molecular complexity index is 549. The van der Waals surface area contributed by atoms with Gasteiger partial charge in [0.05, 0.1) is 6.54 Å². The van der Waals surface area contributed by atoms with Gasteiger partial charge in [0.1, 0.15) is 0 Å². The standard InChI is InChI=1S/C18H28N4O2/c1-13(2)19-18(24)21-16-6-4-15(5-7-16)20-17(23)12-22-10-8-14(3)9-11-22/h4-7,13-14H,8-12H2,1-3H3,(H,20,23)(H2,19,21,24). The molecule has 3 amide bonds. The molecule has 1 aromatic rings. The third-order valence-electron chi connectivity index (χ3n) is 4.09. The molecule has 0 spiro atoms. The zero-order chi connectivity index (χ0) is 17.5. The molecule has 2 rings (SSSR count). The average Bonchev–Trinajstić information content (AvgIpc) is 2.51. The summed E-state index contributed by atoms with van der Waals surface area (Å²) >= 11 is 0. The number of urea groups is 1. The highest BCUT2D eigenvalue weighted by atomic mass is 16.2. The first-order chi connectivity index (χ1) is 11.4. The predicted molar refractivity (Wildman–Crippen MR) is 97.2 cm³/mol. The molecule has 0 atom stereocenters. The number of carbonyl (C=O) groups excluding carboxylic acids is 2. The second-order valence-corrected chi connectivity index (χ2v) is 6.84. The minimum atomic E-state index is -0.235. The van der Waals surface area contributed by atoms with Gasteiger partial charge >= 0.3 is 6.03 Å². The van der Waals surface area contributed by atoms with Gasteiger partial charge in [-0.3, -0.25) is 9.69 Å². The van der Waals surface area contributed by atoms with Crippen molar-refractivity contribution in [1.82, 2.24) is 10.2 Å². The molecule has 1 heterocycles. The number of nitrogens with zero attached hydrogens (tertiary/aromatic N) is 1. The summed E-state index contributed by atoms with van der Waals surface area (Å²) < 4.78 is 0. The maximum absolute atomic E-state index is 12.1. The number of carbonyl (C=O) groups is 2. The summed E-state index contributed by atoms with van der Waals surface area (Å²) in [6, 6.07) is 6.99. The first kappa shape index (κ1) is 18.3. The molecule has 0 aliphatic carbocycles. The minimum Gasteiger partial charge on any atom is -0.336 e. The van der Waals surface area contributed by atoms with E-state index in [0.29, 0.717) is 12.2 Å². The van der Waals surface area contributed by atoms with Crippen molar-refractivity contribution < 1.29 is 9.59 Å². The molecule has 0 aromatic heterocycles. The van der Waals surface area contributed by atoms with E-state index in [1.165, 1.54) is 0 Å². The molecule has 3 N–H and O–H groups in total. The highest BCUT2D eigenvalue weighted by Crippen LogP contribution is 2.16. The van der Waals surface area contributed by atoms with E-state index in [-0.39, 0.29) is 18.0 Å². The molecule has 1 fully saturated rings. The fourth-order valence-corrected chi connectivity index (χ4v) is 2.69. The van der Waals surface area contributed by atoms with Crippen LogP contribution in [0.15, 0.2) is 24.3 Å². The molecule has 24 heavy (non-hydrogen) atoms. The molecule has 132 valence electrons. The zero-order valence-electron chi connectivity index (χ0n) is 14.8. The van der Waals surface area contributed by atoms with Crippen LogP contribution in [0, 0.1) is 5.92 Å². The number of amides is 3. The topological polar surface area (TPSA) is 73.5 Å². The first-order valence-corrected chi connectivity index (χ1v) is 8.62. The Morgan fingerprint density at radius 1 is 1.08 bits per heavy atom. The van der Waals surface area contributed by atoms with E-state index >= 15 is 0 Å². The number of likely N-dealkylation sites (tertiary alicyclic amines) is 1. The summed E-state index contributed by atoms with van der Waals surface area (Å²) in [6.45, 7) is 8.48. The van der Waals surface area contributed by atoms with Gasteiger partial charge in [-0.2, -0.15) is 0 Å². The monoisotopic (exact) mass is 332 g/mol. The molecule has 1 saturated heterocycles. The number of benzene rings is 1. The lowest BCUT2D eigenvalue weighted by atomic mass is 9.99. The maximum Gasteiger partial charge on any atom is 0.319 e. The molecule has 0 unspecified atom stereocenters. The molecular formula is C18H28N4O2. The molecule has 6 nitrogen and oxygen atoms in total. The largest absolute Gasteiger partial charge is 0.336 e. The minimum absolute atomic E-state index is 0.00260.